The Balaban J connectivity index is 1.33. The highest BCUT2D eigenvalue weighted by Crippen LogP contribution is 2.26. The van der Waals surface area contributed by atoms with Gasteiger partial charge in [0.1, 0.15) is 0 Å². The molecule has 5 rings (SSSR count). The molecular weight excluding hydrogens is 312 g/mol. The molecule has 122 valence electrons. The van der Waals surface area contributed by atoms with Crippen molar-refractivity contribution >= 4 is 48.6 Å². The summed E-state index contributed by atoms with van der Waals surface area (Å²) in [6.07, 6.45) is 17.3. The van der Waals surface area contributed by atoms with Crippen LogP contribution in [-0.4, -0.2) is 0 Å². The Morgan fingerprint density at radius 1 is 0.385 bits per heavy atom. The SMILES string of the molecule is C(=Cc1ccc2c(c1)C=C2)c1cccc(C=Cc2ccc3c(c2)C=C3)c1. The van der Waals surface area contributed by atoms with Crippen molar-refractivity contribution in [1.29, 1.82) is 0 Å². The van der Waals surface area contributed by atoms with E-state index in [0.29, 0.717) is 0 Å². The molecule has 0 aromatic heterocycles. The van der Waals surface area contributed by atoms with Crippen LogP contribution in [0.2, 0.25) is 0 Å². The molecule has 0 heterocycles. The lowest BCUT2D eigenvalue weighted by Gasteiger charge is -2.10. The lowest BCUT2D eigenvalue weighted by atomic mass is 9.95. The first-order chi connectivity index (χ1) is 12.8. The third kappa shape index (κ3) is 2.87. The second-order valence-electron chi connectivity index (χ2n) is 6.78. The van der Waals surface area contributed by atoms with E-state index in [-0.39, 0.29) is 0 Å². The predicted octanol–water partition coefficient (Wildman–Crippen LogP) is 7.00. The summed E-state index contributed by atoms with van der Waals surface area (Å²) in [6.45, 7) is 0. The summed E-state index contributed by atoms with van der Waals surface area (Å²) in [5.41, 5.74) is 10.2. The number of benzene rings is 3. The van der Waals surface area contributed by atoms with Gasteiger partial charge < -0.3 is 0 Å². The van der Waals surface area contributed by atoms with E-state index < -0.39 is 0 Å². The van der Waals surface area contributed by atoms with Crippen LogP contribution in [0.15, 0.2) is 60.7 Å². The van der Waals surface area contributed by atoms with Crippen LogP contribution in [-0.2, 0) is 0 Å². The number of hydrogen-bond acceptors (Lipinski definition) is 0. The quantitative estimate of drug-likeness (QED) is 0.311. The van der Waals surface area contributed by atoms with E-state index in [2.05, 4.69) is 109 Å². The van der Waals surface area contributed by atoms with Crippen molar-refractivity contribution in [2.24, 2.45) is 0 Å². The Labute approximate surface area is 154 Å². The Hall–Kier alpha value is -3.38. The summed E-state index contributed by atoms with van der Waals surface area (Å²) < 4.78 is 0. The first-order valence-electron chi connectivity index (χ1n) is 8.94. The van der Waals surface area contributed by atoms with E-state index in [9.17, 15) is 0 Å². The van der Waals surface area contributed by atoms with E-state index in [4.69, 9.17) is 0 Å². The summed E-state index contributed by atoms with van der Waals surface area (Å²) in [7, 11) is 0. The maximum absolute atomic E-state index is 2.23. The third-order valence-corrected chi connectivity index (χ3v) is 4.95. The molecule has 3 aromatic carbocycles. The van der Waals surface area contributed by atoms with E-state index in [1.165, 1.54) is 44.5 Å². The van der Waals surface area contributed by atoms with Gasteiger partial charge in [0, 0.05) is 0 Å². The fraction of sp³-hybridized carbons (Fsp3) is 0. The summed E-state index contributed by atoms with van der Waals surface area (Å²) in [5, 5.41) is 0. The Morgan fingerprint density at radius 3 is 1.19 bits per heavy atom. The average molecular weight is 330 g/mol. The molecule has 0 saturated carbocycles. The highest BCUT2D eigenvalue weighted by Gasteiger charge is 2.05. The number of fused-ring (bicyclic) bond motifs is 2. The van der Waals surface area contributed by atoms with Crippen molar-refractivity contribution < 1.29 is 0 Å². The van der Waals surface area contributed by atoms with Crippen LogP contribution in [0.25, 0.3) is 48.6 Å². The molecular formula is C26H18. The van der Waals surface area contributed by atoms with E-state index in [0.717, 1.165) is 0 Å². The van der Waals surface area contributed by atoms with Crippen LogP contribution in [0, 0.1) is 0 Å². The molecule has 2 aliphatic carbocycles. The van der Waals surface area contributed by atoms with Crippen molar-refractivity contribution in [2.45, 2.75) is 0 Å². The minimum atomic E-state index is 1.21. The molecule has 0 atom stereocenters. The predicted molar refractivity (Wildman–Crippen MR) is 115 cm³/mol. The summed E-state index contributed by atoms with van der Waals surface area (Å²) in [6, 6.07) is 21.8. The minimum Gasteiger partial charge on any atom is -0.0611 e. The van der Waals surface area contributed by atoms with Crippen molar-refractivity contribution in [3.05, 3.63) is 105 Å². The zero-order valence-corrected chi connectivity index (χ0v) is 14.4. The average Bonchev–Trinajstić information content (AvgIpc) is 2.62. The molecule has 0 spiro atoms. The van der Waals surface area contributed by atoms with E-state index in [1.807, 2.05) is 0 Å². The molecule has 0 radical (unpaired) electrons. The van der Waals surface area contributed by atoms with Gasteiger partial charge >= 0.3 is 0 Å². The van der Waals surface area contributed by atoms with Gasteiger partial charge in [-0.25, -0.2) is 0 Å². The number of hydrogen-bond donors (Lipinski definition) is 0. The molecule has 0 heteroatoms. The second kappa shape index (κ2) is 6.16. The van der Waals surface area contributed by atoms with Crippen LogP contribution in [0.5, 0.6) is 0 Å². The molecule has 0 amide bonds. The summed E-state index contributed by atoms with van der Waals surface area (Å²) in [5.74, 6) is 0. The van der Waals surface area contributed by atoms with Crippen LogP contribution in [0.4, 0.5) is 0 Å². The van der Waals surface area contributed by atoms with Crippen LogP contribution in [0.3, 0.4) is 0 Å². The molecule has 0 saturated heterocycles. The first kappa shape index (κ1) is 14.9. The zero-order valence-electron chi connectivity index (χ0n) is 14.4. The first-order valence-corrected chi connectivity index (χ1v) is 8.94. The van der Waals surface area contributed by atoms with Gasteiger partial charge in [-0.05, 0) is 62.7 Å². The Bertz CT molecular complexity index is 1030. The molecule has 0 N–H and O–H groups in total. The second-order valence-corrected chi connectivity index (χ2v) is 6.78. The fourth-order valence-corrected chi connectivity index (χ4v) is 3.30. The Morgan fingerprint density at radius 2 is 0.808 bits per heavy atom. The highest BCUT2D eigenvalue weighted by atomic mass is 14.1. The van der Waals surface area contributed by atoms with Gasteiger partial charge in [-0.15, -0.1) is 0 Å². The molecule has 3 aromatic rings. The van der Waals surface area contributed by atoms with Crippen LogP contribution >= 0.6 is 0 Å². The van der Waals surface area contributed by atoms with Gasteiger partial charge in [0.15, 0.2) is 0 Å². The van der Waals surface area contributed by atoms with Crippen molar-refractivity contribution in [2.75, 3.05) is 0 Å². The smallest absolute Gasteiger partial charge is 0.0178 e. The van der Waals surface area contributed by atoms with Gasteiger partial charge in [-0.2, -0.15) is 0 Å². The minimum absolute atomic E-state index is 1.21. The fourth-order valence-electron chi connectivity index (χ4n) is 3.30. The molecule has 0 fully saturated rings. The van der Waals surface area contributed by atoms with Gasteiger partial charge in [0.2, 0.25) is 0 Å². The summed E-state index contributed by atoms with van der Waals surface area (Å²) >= 11 is 0. The maximum Gasteiger partial charge on any atom is -0.0178 e. The normalized spacial score (nSPS) is 13.5. The molecule has 0 bridgehead atoms. The molecule has 0 unspecified atom stereocenters. The topological polar surface area (TPSA) is 0 Å². The Kier molecular flexibility index (Phi) is 3.54. The third-order valence-electron chi connectivity index (χ3n) is 4.95. The van der Waals surface area contributed by atoms with Crippen molar-refractivity contribution in [1.82, 2.24) is 0 Å². The zero-order chi connectivity index (χ0) is 17.3. The maximum atomic E-state index is 2.23. The monoisotopic (exact) mass is 330 g/mol. The number of rotatable bonds is 4. The molecule has 0 aliphatic heterocycles. The van der Waals surface area contributed by atoms with Gasteiger partial charge in [0.25, 0.3) is 0 Å². The molecule has 26 heavy (non-hydrogen) atoms. The van der Waals surface area contributed by atoms with Crippen LogP contribution < -0.4 is 0 Å². The molecule has 0 nitrogen and oxygen atoms in total. The van der Waals surface area contributed by atoms with Crippen molar-refractivity contribution in [3.8, 4) is 0 Å². The lowest BCUT2D eigenvalue weighted by molar-refractivity contribution is 1.55. The lowest BCUT2D eigenvalue weighted by Crippen LogP contribution is -1.89. The van der Waals surface area contributed by atoms with Gasteiger partial charge in [-0.1, -0.05) is 91.1 Å². The van der Waals surface area contributed by atoms with Crippen LogP contribution in [0.1, 0.15) is 44.5 Å². The van der Waals surface area contributed by atoms with E-state index >= 15 is 0 Å². The molecule has 2 aliphatic rings. The standard InChI is InChI=1S/C26H18/c1-2-19(4-6-21-8-10-23-12-14-25(23)17-21)16-20(3-1)5-7-22-9-11-24-13-15-26(24)18-22/h1-18H. The highest BCUT2D eigenvalue weighted by molar-refractivity contribution is 5.88. The van der Waals surface area contributed by atoms with Gasteiger partial charge in [0.05, 0.1) is 0 Å². The largest absolute Gasteiger partial charge is 0.0611 e. The van der Waals surface area contributed by atoms with Crippen molar-refractivity contribution in [3.63, 3.8) is 0 Å². The van der Waals surface area contributed by atoms with Gasteiger partial charge in [-0.3, -0.25) is 0 Å². The summed E-state index contributed by atoms with van der Waals surface area (Å²) in [4.78, 5) is 0. The van der Waals surface area contributed by atoms with E-state index in [1.54, 1.807) is 0 Å².